The average molecular weight is 209 g/mol. The predicted molar refractivity (Wildman–Crippen MR) is 53.8 cm³/mol. The Labute approximate surface area is 83.9 Å². The van der Waals surface area contributed by atoms with Crippen molar-refractivity contribution in [2.45, 2.75) is 6.92 Å². The van der Waals surface area contributed by atoms with Crippen LogP contribution < -0.4 is 0 Å². The van der Waals surface area contributed by atoms with Crippen molar-refractivity contribution >= 4 is 23.4 Å². The summed E-state index contributed by atoms with van der Waals surface area (Å²) in [4.78, 5) is 14.8. The van der Waals surface area contributed by atoms with Gasteiger partial charge >= 0.3 is 5.97 Å². The van der Waals surface area contributed by atoms with Gasteiger partial charge in [-0.15, -0.1) is 11.3 Å². The molecule has 5 nitrogen and oxygen atoms in total. The lowest BCUT2D eigenvalue weighted by atomic mass is 10.3. The monoisotopic (exact) mass is 209 g/mol. The van der Waals surface area contributed by atoms with Crippen LogP contribution in [0.15, 0.2) is 22.9 Å². The third-order valence-corrected chi connectivity index (χ3v) is 2.36. The number of aryl methyl sites for hydroxylation is 1. The standard InChI is InChI=1S/C8H7N3O2S/c1-5-2-3-6(14-5)4-7(8(12)13)10-11-9/h2-4H,1H3,(H,12,13)/b7-4+. The van der Waals surface area contributed by atoms with Crippen molar-refractivity contribution in [3.05, 3.63) is 38.0 Å². The summed E-state index contributed by atoms with van der Waals surface area (Å²) >= 11 is 1.44. The Bertz CT molecular complexity index is 426. The second-order valence-corrected chi connectivity index (χ2v) is 3.79. The molecule has 1 heterocycles. The molecular formula is C8H7N3O2S. The van der Waals surface area contributed by atoms with E-state index in [1.165, 1.54) is 17.4 Å². The Balaban J connectivity index is 3.04. The normalized spacial score (nSPS) is 10.8. The van der Waals surface area contributed by atoms with Crippen LogP contribution in [0.25, 0.3) is 16.5 Å². The van der Waals surface area contributed by atoms with Gasteiger partial charge in [0.2, 0.25) is 0 Å². The Morgan fingerprint density at radius 2 is 2.43 bits per heavy atom. The molecule has 0 fully saturated rings. The largest absolute Gasteiger partial charge is 0.478 e. The van der Waals surface area contributed by atoms with E-state index in [-0.39, 0.29) is 5.70 Å². The van der Waals surface area contributed by atoms with Crippen molar-refractivity contribution in [3.63, 3.8) is 0 Å². The quantitative estimate of drug-likeness (QED) is 0.359. The van der Waals surface area contributed by atoms with Crippen LogP contribution >= 0.6 is 11.3 Å². The first kappa shape index (κ1) is 10.3. The molecule has 0 amide bonds. The molecule has 0 aliphatic heterocycles. The number of thiophene rings is 1. The van der Waals surface area contributed by atoms with Crippen molar-refractivity contribution in [3.8, 4) is 0 Å². The van der Waals surface area contributed by atoms with Crippen molar-refractivity contribution < 1.29 is 9.90 Å². The van der Waals surface area contributed by atoms with Crippen LogP contribution in [0.4, 0.5) is 0 Å². The van der Waals surface area contributed by atoms with Gasteiger partial charge in [-0.2, -0.15) is 0 Å². The molecule has 14 heavy (non-hydrogen) atoms. The maximum Gasteiger partial charge on any atom is 0.338 e. The molecule has 0 bridgehead atoms. The lowest BCUT2D eigenvalue weighted by molar-refractivity contribution is -0.132. The van der Waals surface area contributed by atoms with Crippen molar-refractivity contribution in [2.75, 3.05) is 0 Å². The Kier molecular flexibility index (Phi) is 3.28. The Hall–Kier alpha value is -1.78. The fourth-order valence-electron chi connectivity index (χ4n) is 0.847. The minimum Gasteiger partial charge on any atom is -0.478 e. The third kappa shape index (κ3) is 2.62. The summed E-state index contributed by atoms with van der Waals surface area (Å²) in [5, 5.41) is 11.7. The van der Waals surface area contributed by atoms with E-state index in [2.05, 4.69) is 10.0 Å². The summed E-state index contributed by atoms with van der Waals surface area (Å²) in [6, 6.07) is 3.64. The van der Waals surface area contributed by atoms with Gasteiger partial charge in [-0.3, -0.25) is 0 Å². The number of aliphatic carboxylic acids is 1. The zero-order valence-corrected chi connectivity index (χ0v) is 8.15. The molecule has 0 saturated carbocycles. The van der Waals surface area contributed by atoms with Crippen molar-refractivity contribution in [1.82, 2.24) is 0 Å². The van der Waals surface area contributed by atoms with E-state index in [9.17, 15) is 4.79 Å². The summed E-state index contributed by atoms with van der Waals surface area (Å²) in [5.41, 5.74) is 7.83. The number of hydrogen-bond donors (Lipinski definition) is 1. The Morgan fingerprint density at radius 3 is 2.86 bits per heavy atom. The van der Waals surface area contributed by atoms with Crippen LogP contribution in [0.5, 0.6) is 0 Å². The van der Waals surface area contributed by atoms with Gasteiger partial charge in [-0.25, -0.2) is 4.79 Å². The predicted octanol–water partition coefficient (Wildman–Crippen LogP) is 2.79. The highest BCUT2D eigenvalue weighted by Gasteiger charge is 2.04. The maximum absolute atomic E-state index is 10.6. The van der Waals surface area contributed by atoms with Crippen LogP contribution in [-0.2, 0) is 4.79 Å². The molecule has 1 rings (SSSR count). The second kappa shape index (κ2) is 4.45. The summed E-state index contributed by atoms with van der Waals surface area (Å²) < 4.78 is 0. The summed E-state index contributed by atoms with van der Waals surface area (Å²) in [7, 11) is 0. The third-order valence-electron chi connectivity index (χ3n) is 1.41. The van der Waals surface area contributed by atoms with E-state index in [0.29, 0.717) is 0 Å². The highest BCUT2D eigenvalue weighted by atomic mass is 32.1. The molecule has 0 aliphatic carbocycles. The van der Waals surface area contributed by atoms with Crippen molar-refractivity contribution in [1.29, 1.82) is 0 Å². The number of rotatable bonds is 3. The molecule has 0 aromatic carbocycles. The summed E-state index contributed by atoms with van der Waals surface area (Å²) in [6.45, 7) is 1.91. The SMILES string of the molecule is Cc1ccc(/C=C(/N=[N+]=[N-])C(=O)O)s1. The average Bonchev–Trinajstić information content (AvgIpc) is 2.50. The molecule has 0 radical (unpaired) electrons. The topological polar surface area (TPSA) is 86.1 Å². The Morgan fingerprint density at radius 1 is 1.71 bits per heavy atom. The number of carboxylic acid groups (broad SMARTS) is 1. The minimum absolute atomic E-state index is 0.297. The molecule has 1 N–H and O–H groups in total. The maximum atomic E-state index is 10.6. The number of nitrogens with zero attached hydrogens (tertiary/aromatic N) is 3. The first-order chi connectivity index (χ1) is 6.63. The first-order valence-electron chi connectivity index (χ1n) is 3.70. The second-order valence-electron chi connectivity index (χ2n) is 2.47. The highest BCUT2D eigenvalue weighted by Crippen LogP contribution is 2.18. The number of azide groups is 1. The zero-order valence-electron chi connectivity index (χ0n) is 7.34. The number of hydrogen-bond acceptors (Lipinski definition) is 3. The zero-order chi connectivity index (χ0) is 10.6. The number of carbonyl (C=O) groups is 1. The van der Waals surface area contributed by atoms with E-state index in [4.69, 9.17) is 10.6 Å². The first-order valence-corrected chi connectivity index (χ1v) is 4.51. The van der Waals surface area contributed by atoms with E-state index >= 15 is 0 Å². The minimum atomic E-state index is -1.23. The molecule has 0 aliphatic rings. The fourth-order valence-corrected chi connectivity index (χ4v) is 1.66. The number of carboxylic acids is 1. The van der Waals surface area contributed by atoms with Gasteiger partial charge in [0.1, 0.15) is 5.70 Å². The molecule has 0 saturated heterocycles. The molecule has 0 atom stereocenters. The van der Waals surface area contributed by atoms with Gasteiger partial charge in [0.15, 0.2) is 0 Å². The molecule has 72 valence electrons. The van der Waals surface area contributed by atoms with Crippen LogP contribution in [-0.4, -0.2) is 11.1 Å². The van der Waals surface area contributed by atoms with Crippen LogP contribution in [0.2, 0.25) is 0 Å². The van der Waals surface area contributed by atoms with Gasteiger partial charge in [0, 0.05) is 14.7 Å². The van der Waals surface area contributed by atoms with Gasteiger partial charge < -0.3 is 5.11 Å². The van der Waals surface area contributed by atoms with Crippen LogP contribution in [0.1, 0.15) is 9.75 Å². The summed E-state index contributed by atoms with van der Waals surface area (Å²) in [6.07, 6.45) is 1.35. The van der Waals surface area contributed by atoms with E-state index in [0.717, 1.165) is 9.75 Å². The summed E-state index contributed by atoms with van der Waals surface area (Å²) in [5.74, 6) is -1.23. The molecule has 0 spiro atoms. The van der Waals surface area contributed by atoms with Crippen molar-refractivity contribution in [2.24, 2.45) is 5.11 Å². The molecule has 1 aromatic heterocycles. The van der Waals surface area contributed by atoms with Gasteiger partial charge in [0.05, 0.1) is 0 Å². The molecular weight excluding hydrogens is 202 g/mol. The highest BCUT2D eigenvalue weighted by molar-refractivity contribution is 7.12. The van der Waals surface area contributed by atoms with Gasteiger partial charge in [-0.05, 0) is 30.7 Å². The van der Waals surface area contributed by atoms with E-state index < -0.39 is 5.97 Å². The lowest BCUT2D eigenvalue weighted by Crippen LogP contribution is -1.95. The van der Waals surface area contributed by atoms with Gasteiger partial charge in [0.25, 0.3) is 0 Å². The van der Waals surface area contributed by atoms with Gasteiger partial charge in [-0.1, -0.05) is 5.11 Å². The fraction of sp³-hybridized carbons (Fsp3) is 0.125. The smallest absolute Gasteiger partial charge is 0.338 e. The molecule has 0 unspecified atom stereocenters. The molecule has 1 aromatic rings. The lowest BCUT2D eigenvalue weighted by Gasteiger charge is -1.90. The van der Waals surface area contributed by atoms with E-state index in [1.54, 1.807) is 6.07 Å². The van der Waals surface area contributed by atoms with E-state index in [1.807, 2.05) is 13.0 Å². The van der Waals surface area contributed by atoms with Crippen LogP contribution in [0, 0.1) is 6.92 Å². The van der Waals surface area contributed by atoms with Crippen LogP contribution in [0.3, 0.4) is 0 Å². The molecule has 6 heteroatoms.